The second-order valence-corrected chi connectivity index (χ2v) is 5.00. The van der Waals surface area contributed by atoms with Gasteiger partial charge in [0.1, 0.15) is 5.75 Å². The number of phenolic OH excluding ortho intramolecular Hbond substituents is 1. The number of carbonyl (C=O) groups excluding carboxylic acids is 1. The van der Waals surface area contributed by atoms with E-state index in [4.69, 9.17) is 17.3 Å². The maximum absolute atomic E-state index is 11.7. The zero-order chi connectivity index (χ0) is 12.5. The van der Waals surface area contributed by atoms with Crippen molar-refractivity contribution in [3.05, 3.63) is 17.2 Å². The van der Waals surface area contributed by atoms with Crippen molar-refractivity contribution < 1.29 is 9.90 Å². The Kier molecular flexibility index (Phi) is 3.33. The monoisotopic (exact) mass is 242 g/mol. The molecule has 1 amide bonds. The summed E-state index contributed by atoms with van der Waals surface area (Å²) >= 11 is 5.80. The van der Waals surface area contributed by atoms with Crippen LogP contribution in [0.2, 0.25) is 5.02 Å². The summed E-state index contributed by atoms with van der Waals surface area (Å²) in [7, 11) is 0. The van der Waals surface area contributed by atoms with Crippen LogP contribution in [-0.4, -0.2) is 11.0 Å². The molecule has 0 aliphatic rings. The van der Waals surface area contributed by atoms with Crippen LogP contribution < -0.4 is 11.1 Å². The van der Waals surface area contributed by atoms with E-state index in [1.165, 1.54) is 12.1 Å². The van der Waals surface area contributed by atoms with Crippen LogP contribution >= 0.6 is 11.6 Å². The lowest BCUT2D eigenvalue weighted by Gasteiger charge is -2.18. The van der Waals surface area contributed by atoms with Gasteiger partial charge in [-0.3, -0.25) is 4.79 Å². The minimum absolute atomic E-state index is 0.0977. The maximum Gasteiger partial charge on any atom is 0.229 e. The number of amides is 1. The van der Waals surface area contributed by atoms with Gasteiger partial charge in [-0.25, -0.2) is 0 Å². The molecule has 0 saturated heterocycles. The summed E-state index contributed by atoms with van der Waals surface area (Å²) in [6, 6.07) is 2.73. The number of benzene rings is 1. The summed E-state index contributed by atoms with van der Waals surface area (Å²) in [6.45, 7) is 5.33. The standard InChI is InChI=1S/C11H15ClN2O2/c1-11(2,3)10(16)14-8-4-6(12)7(13)5-9(8)15/h4-5,15H,13H2,1-3H3,(H,14,16). The Hall–Kier alpha value is -1.42. The topological polar surface area (TPSA) is 75.4 Å². The number of nitrogen functional groups attached to an aromatic ring is 1. The first-order valence-electron chi connectivity index (χ1n) is 4.81. The van der Waals surface area contributed by atoms with E-state index in [0.29, 0.717) is 5.02 Å². The van der Waals surface area contributed by atoms with Crippen molar-refractivity contribution in [1.29, 1.82) is 0 Å². The van der Waals surface area contributed by atoms with E-state index in [2.05, 4.69) is 5.32 Å². The number of anilines is 2. The first kappa shape index (κ1) is 12.6. The van der Waals surface area contributed by atoms with Gasteiger partial charge in [0, 0.05) is 11.5 Å². The molecule has 0 saturated carbocycles. The molecule has 0 fully saturated rings. The highest BCUT2D eigenvalue weighted by molar-refractivity contribution is 6.33. The Bertz CT molecular complexity index is 425. The van der Waals surface area contributed by atoms with Crippen LogP contribution in [0.3, 0.4) is 0 Å². The third-order valence-electron chi connectivity index (χ3n) is 2.04. The quantitative estimate of drug-likeness (QED) is 0.523. The molecule has 0 atom stereocenters. The van der Waals surface area contributed by atoms with E-state index in [-0.39, 0.29) is 23.0 Å². The van der Waals surface area contributed by atoms with Crippen molar-refractivity contribution in [3.63, 3.8) is 0 Å². The summed E-state index contributed by atoms with van der Waals surface area (Å²) < 4.78 is 0. The Balaban J connectivity index is 2.99. The van der Waals surface area contributed by atoms with Crippen LogP contribution in [0.4, 0.5) is 11.4 Å². The van der Waals surface area contributed by atoms with Gasteiger partial charge in [-0.15, -0.1) is 0 Å². The normalized spacial score (nSPS) is 11.2. The Morgan fingerprint density at radius 1 is 1.44 bits per heavy atom. The fourth-order valence-electron chi connectivity index (χ4n) is 0.988. The second kappa shape index (κ2) is 4.22. The predicted molar refractivity (Wildman–Crippen MR) is 65.6 cm³/mol. The number of aromatic hydroxyl groups is 1. The molecular weight excluding hydrogens is 228 g/mol. The number of rotatable bonds is 1. The lowest BCUT2D eigenvalue weighted by atomic mass is 9.95. The van der Waals surface area contributed by atoms with Gasteiger partial charge in [0.2, 0.25) is 5.91 Å². The van der Waals surface area contributed by atoms with Crippen molar-refractivity contribution in [2.75, 3.05) is 11.1 Å². The van der Waals surface area contributed by atoms with E-state index in [1.807, 2.05) is 0 Å². The number of nitrogens with two attached hydrogens (primary N) is 1. The summed E-state index contributed by atoms with van der Waals surface area (Å²) in [4.78, 5) is 11.7. The number of halogens is 1. The Morgan fingerprint density at radius 2 is 2.00 bits per heavy atom. The Morgan fingerprint density at radius 3 is 2.50 bits per heavy atom. The molecule has 0 aliphatic carbocycles. The van der Waals surface area contributed by atoms with Gasteiger partial charge >= 0.3 is 0 Å². The molecule has 16 heavy (non-hydrogen) atoms. The van der Waals surface area contributed by atoms with E-state index in [9.17, 15) is 9.90 Å². The van der Waals surface area contributed by atoms with Crippen molar-refractivity contribution >= 4 is 28.9 Å². The number of hydrogen-bond acceptors (Lipinski definition) is 3. The largest absolute Gasteiger partial charge is 0.506 e. The van der Waals surface area contributed by atoms with Crippen molar-refractivity contribution in [1.82, 2.24) is 0 Å². The number of hydrogen-bond donors (Lipinski definition) is 3. The molecule has 5 heteroatoms. The molecule has 0 radical (unpaired) electrons. The van der Waals surface area contributed by atoms with E-state index in [0.717, 1.165) is 0 Å². The molecular formula is C11H15ClN2O2. The molecule has 0 bridgehead atoms. The van der Waals surface area contributed by atoms with Crippen LogP contribution in [0.1, 0.15) is 20.8 Å². The first-order valence-corrected chi connectivity index (χ1v) is 5.19. The molecule has 0 aromatic heterocycles. The lowest BCUT2D eigenvalue weighted by Crippen LogP contribution is -2.27. The second-order valence-electron chi connectivity index (χ2n) is 4.59. The molecule has 0 unspecified atom stereocenters. The van der Waals surface area contributed by atoms with Gasteiger partial charge in [0.25, 0.3) is 0 Å². The lowest BCUT2D eigenvalue weighted by molar-refractivity contribution is -0.123. The fraction of sp³-hybridized carbons (Fsp3) is 0.364. The van der Waals surface area contributed by atoms with Crippen LogP contribution in [0.15, 0.2) is 12.1 Å². The SMILES string of the molecule is CC(C)(C)C(=O)Nc1cc(Cl)c(N)cc1O. The molecule has 1 aromatic carbocycles. The summed E-state index contributed by atoms with van der Waals surface area (Å²) in [5.41, 5.74) is 5.49. The van der Waals surface area contributed by atoms with E-state index >= 15 is 0 Å². The molecule has 1 rings (SSSR count). The van der Waals surface area contributed by atoms with Crippen LogP contribution in [0.5, 0.6) is 5.75 Å². The number of phenols is 1. The fourth-order valence-corrected chi connectivity index (χ4v) is 1.15. The van der Waals surface area contributed by atoms with Gasteiger partial charge in [-0.05, 0) is 6.07 Å². The van der Waals surface area contributed by atoms with Crippen molar-refractivity contribution in [2.24, 2.45) is 5.41 Å². The average Bonchev–Trinajstić information content (AvgIpc) is 2.12. The minimum Gasteiger partial charge on any atom is -0.506 e. The summed E-state index contributed by atoms with van der Waals surface area (Å²) in [5, 5.41) is 12.5. The molecule has 1 aromatic rings. The molecule has 0 aliphatic heterocycles. The molecule has 0 spiro atoms. The zero-order valence-electron chi connectivity index (χ0n) is 9.47. The molecule has 0 heterocycles. The maximum atomic E-state index is 11.7. The predicted octanol–water partition coefficient (Wildman–Crippen LogP) is 2.61. The van der Waals surface area contributed by atoms with Gasteiger partial charge in [0.15, 0.2) is 0 Å². The van der Waals surface area contributed by atoms with Crippen LogP contribution in [-0.2, 0) is 4.79 Å². The zero-order valence-corrected chi connectivity index (χ0v) is 10.2. The number of carbonyl (C=O) groups is 1. The molecule has 4 nitrogen and oxygen atoms in total. The smallest absolute Gasteiger partial charge is 0.229 e. The van der Waals surface area contributed by atoms with Crippen molar-refractivity contribution in [3.8, 4) is 5.75 Å². The minimum atomic E-state index is -0.541. The van der Waals surface area contributed by atoms with Crippen LogP contribution in [0.25, 0.3) is 0 Å². The van der Waals surface area contributed by atoms with Crippen molar-refractivity contribution in [2.45, 2.75) is 20.8 Å². The van der Waals surface area contributed by atoms with E-state index in [1.54, 1.807) is 20.8 Å². The highest BCUT2D eigenvalue weighted by Crippen LogP contribution is 2.32. The molecule has 88 valence electrons. The third-order valence-corrected chi connectivity index (χ3v) is 2.37. The molecule has 4 N–H and O–H groups in total. The van der Waals surface area contributed by atoms with Gasteiger partial charge in [-0.1, -0.05) is 32.4 Å². The van der Waals surface area contributed by atoms with E-state index < -0.39 is 5.41 Å². The van der Waals surface area contributed by atoms with Gasteiger partial charge in [0.05, 0.1) is 16.4 Å². The summed E-state index contributed by atoms with van der Waals surface area (Å²) in [5.74, 6) is -0.303. The van der Waals surface area contributed by atoms with Gasteiger partial charge < -0.3 is 16.2 Å². The highest BCUT2D eigenvalue weighted by atomic mass is 35.5. The average molecular weight is 243 g/mol. The first-order chi connectivity index (χ1) is 7.21. The number of nitrogens with one attached hydrogen (secondary N) is 1. The van der Waals surface area contributed by atoms with Gasteiger partial charge in [-0.2, -0.15) is 0 Å². The summed E-state index contributed by atoms with van der Waals surface area (Å²) in [6.07, 6.45) is 0. The van der Waals surface area contributed by atoms with Crippen LogP contribution in [0, 0.1) is 5.41 Å². The Labute approximate surface area is 99.4 Å². The third kappa shape index (κ3) is 2.79. The highest BCUT2D eigenvalue weighted by Gasteiger charge is 2.22.